The highest BCUT2D eigenvalue weighted by Crippen LogP contribution is 2.46. The monoisotopic (exact) mass is 772 g/mol. The van der Waals surface area contributed by atoms with E-state index in [9.17, 15) is 0 Å². The van der Waals surface area contributed by atoms with E-state index in [0.29, 0.717) is 34.6 Å². The molecule has 3 spiro atoms. The number of thioether (sulfide) groups is 1. The molecule has 6 saturated heterocycles. The van der Waals surface area contributed by atoms with Gasteiger partial charge in [-0.3, -0.25) is 14.7 Å². The summed E-state index contributed by atoms with van der Waals surface area (Å²) in [6.45, 7) is 39.5. The molecule has 0 bridgehead atoms. The zero-order chi connectivity index (χ0) is 40.6. The third-order valence-electron chi connectivity index (χ3n) is 12.3. The van der Waals surface area contributed by atoms with Crippen LogP contribution < -0.4 is 0 Å². The first-order valence-corrected chi connectivity index (χ1v) is 23.4. The van der Waals surface area contributed by atoms with Crippen molar-refractivity contribution < 1.29 is 18.9 Å². The number of hydrogen-bond donors (Lipinski definition) is 0. The molecule has 6 aliphatic rings. The molecule has 53 heavy (non-hydrogen) atoms. The van der Waals surface area contributed by atoms with Crippen molar-refractivity contribution in [3.8, 4) is 0 Å². The molecule has 0 aromatic heterocycles. The second kappa shape index (κ2) is 24.8. The molecule has 0 amide bonds. The Bertz CT molecular complexity index is 900. The van der Waals surface area contributed by atoms with Crippen molar-refractivity contribution in [1.82, 2.24) is 14.7 Å². The first-order chi connectivity index (χ1) is 24.9. The van der Waals surface area contributed by atoms with Crippen molar-refractivity contribution >= 4 is 11.8 Å². The van der Waals surface area contributed by atoms with Crippen molar-refractivity contribution in [2.45, 2.75) is 196 Å². The van der Waals surface area contributed by atoms with E-state index >= 15 is 0 Å². The molecular formula is C45H93N3O4S. The number of nitrogens with zero attached hydrogens (tertiary/aromatic N) is 3. The van der Waals surface area contributed by atoms with Crippen LogP contribution in [0.4, 0.5) is 0 Å². The van der Waals surface area contributed by atoms with Crippen LogP contribution in [0.2, 0.25) is 0 Å². The Morgan fingerprint density at radius 2 is 0.962 bits per heavy atom. The molecule has 6 aliphatic heterocycles. The summed E-state index contributed by atoms with van der Waals surface area (Å²) in [5.74, 6) is 2.33. The fourth-order valence-electron chi connectivity index (χ4n) is 10.0. The second-order valence-corrected chi connectivity index (χ2v) is 19.9. The van der Waals surface area contributed by atoms with Crippen LogP contribution in [-0.4, -0.2) is 135 Å². The highest BCUT2D eigenvalue weighted by Gasteiger charge is 2.53. The lowest BCUT2D eigenvalue weighted by Gasteiger charge is -2.49. The van der Waals surface area contributed by atoms with Gasteiger partial charge < -0.3 is 18.9 Å². The second-order valence-electron chi connectivity index (χ2n) is 19.1. The number of methoxy groups -OCH3 is 1. The summed E-state index contributed by atoms with van der Waals surface area (Å²) in [5.41, 5.74) is 1.42. The van der Waals surface area contributed by atoms with Crippen LogP contribution in [-0.2, 0) is 18.9 Å². The Labute approximate surface area is 336 Å². The van der Waals surface area contributed by atoms with Gasteiger partial charge in [0.15, 0.2) is 0 Å². The van der Waals surface area contributed by atoms with Gasteiger partial charge in [0.1, 0.15) is 0 Å². The Morgan fingerprint density at radius 3 is 1.25 bits per heavy atom. The number of likely N-dealkylation sites (tertiary alicyclic amines) is 3. The van der Waals surface area contributed by atoms with Crippen LogP contribution in [0.25, 0.3) is 0 Å². The Kier molecular flexibility index (Phi) is 23.9. The van der Waals surface area contributed by atoms with Gasteiger partial charge in [-0.1, -0.05) is 61.8 Å². The van der Waals surface area contributed by atoms with Crippen molar-refractivity contribution in [2.24, 2.45) is 23.2 Å². The molecule has 0 N–H and O–H groups in total. The molecule has 0 aliphatic carbocycles. The third-order valence-corrected chi connectivity index (χ3v) is 12.3. The highest BCUT2D eigenvalue weighted by molar-refractivity contribution is 7.97. The minimum absolute atomic E-state index is 0.420. The lowest BCUT2D eigenvalue weighted by atomic mass is 9.82. The van der Waals surface area contributed by atoms with Crippen molar-refractivity contribution in [3.05, 3.63) is 0 Å². The first-order valence-electron chi connectivity index (χ1n) is 21.8. The fraction of sp³-hybridized carbons (Fsp3) is 1.00. The summed E-state index contributed by atoms with van der Waals surface area (Å²) in [6.07, 6.45) is 14.6. The van der Waals surface area contributed by atoms with Crippen molar-refractivity contribution in [3.63, 3.8) is 0 Å². The third kappa shape index (κ3) is 14.1. The normalized spacial score (nSPS) is 27.1. The first kappa shape index (κ1) is 51.1. The molecule has 7 nitrogen and oxygen atoms in total. The maximum atomic E-state index is 5.55. The predicted octanol–water partition coefficient (Wildman–Crippen LogP) is 10.1. The largest absolute Gasteiger partial charge is 0.388 e. The van der Waals surface area contributed by atoms with Crippen LogP contribution in [0.1, 0.15) is 148 Å². The molecule has 6 heterocycles. The fourth-order valence-corrected chi connectivity index (χ4v) is 10.0. The molecule has 0 radical (unpaired) electrons. The summed E-state index contributed by atoms with van der Waals surface area (Å²) in [4.78, 5) is 8.22. The minimum atomic E-state index is 0.420. The summed E-state index contributed by atoms with van der Waals surface area (Å²) in [6, 6.07) is 4.36. The van der Waals surface area contributed by atoms with Crippen LogP contribution >= 0.6 is 11.8 Å². The summed E-state index contributed by atoms with van der Waals surface area (Å²) in [7, 11) is 3.25. The van der Waals surface area contributed by atoms with Crippen LogP contribution in [0.3, 0.4) is 0 Å². The molecular weight excluding hydrogens is 679 g/mol. The Hall–Kier alpha value is 0.0700. The van der Waals surface area contributed by atoms with Crippen LogP contribution in [0.15, 0.2) is 0 Å². The van der Waals surface area contributed by atoms with Gasteiger partial charge in [0.2, 0.25) is 0 Å². The molecule has 0 unspecified atom stereocenters. The molecule has 6 rings (SSSR count). The summed E-state index contributed by atoms with van der Waals surface area (Å²) < 4.78 is 20.6. The molecule has 6 fully saturated rings. The van der Waals surface area contributed by atoms with Crippen molar-refractivity contribution in [1.29, 1.82) is 0 Å². The quantitative estimate of drug-likeness (QED) is 0.265. The molecule has 318 valence electrons. The van der Waals surface area contributed by atoms with Gasteiger partial charge in [0, 0.05) is 81.2 Å². The van der Waals surface area contributed by atoms with Gasteiger partial charge >= 0.3 is 0 Å². The van der Waals surface area contributed by atoms with Crippen LogP contribution in [0.5, 0.6) is 0 Å². The van der Waals surface area contributed by atoms with Gasteiger partial charge in [-0.15, -0.1) is 0 Å². The summed E-state index contributed by atoms with van der Waals surface area (Å²) >= 11 is 1.75. The number of hydrogen-bond acceptors (Lipinski definition) is 8. The lowest BCUT2D eigenvalue weighted by Crippen LogP contribution is -2.63. The average molecular weight is 772 g/mol. The van der Waals surface area contributed by atoms with Gasteiger partial charge in [-0.25, -0.2) is 0 Å². The zero-order valence-electron chi connectivity index (χ0n) is 38.7. The molecule has 8 heteroatoms. The Morgan fingerprint density at radius 1 is 0.585 bits per heavy atom. The maximum absolute atomic E-state index is 5.55. The number of ether oxygens (including phenoxy) is 4. The maximum Gasteiger partial charge on any atom is 0.0683 e. The minimum Gasteiger partial charge on any atom is -0.388 e. The predicted molar refractivity (Wildman–Crippen MR) is 233 cm³/mol. The SMILES string of the molecule is CC(C)[C@@H]1CC2(COC2)CN1C(C)C.CC(C)[C@@H]1CCC2(CCOCC2)N1C(C)C.CC(C)[C@@H]1CCC2(COC2)N1C(C)C.CCC.COC.CSC. The standard InChI is InChI=1S/C14H27NO.2C12H23NO.C3H8.C2H6O.C2H6S/c1-11(2)13-5-6-14(15(13)12(3)4)7-9-16-10-8-14;1-9(2)11-5-12(7-14-8-12)6-13(11)10(3)4;1-9(2)11-5-6-12(7-14-8-12)13(11)10(3)4;3*1-3-2/h11-13H,5-10H2,1-4H3;2*9-11H,5-8H2,1-4H3;3H2,1-2H3;2*1-2H3/t13-;2*11-;;;/m000.../s1. The molecule has 3 atom stereocenters. The summed E-state index contributed by atoms with van der Waals surface area (Å²) in [5, 5.41) is 0. The van der Waals surface area contributed by atoms with E-state index in [0.717, 1.165) is 75.5 Å². The van der Waals surface area contributed by atoms with Gasteiger partial charge in [0.05, 0.1) is 32.0 Å². The number of rotatable bonds is 6. The molecule has 0 aromatic carbocycles. The van der Waals surface area contributed by atoms with E-state index in [2.05, 4.69) is 116 Å². The lowest BCUT2D eigenvalue weighted by molar-refractivity contribution is -0.143. The van der Waals surface area contributed by atoms with Gasteiger partial charge in [0.25, 0.3) is 0 Å². The van der Waals surface area contributed by atoms with E-state index < -0.39 is 0 Å². The van der Waals surface area contributed by atoms with Crippen LogP contribution in [0, 0.1) is 23.2 Å². The Balaban J connectivity index is 0.000000357. The van der Waals surface area contributed by atoms with E-state index in [1.807, 2.05) is 12.5 Å². The highest BCUT2D eigenvalue weighted by atomic mass is 32.2. The molecule has 0 aromatic rings. The smallest absolute Gasteiger partial charge is 0.0683 e. The van der Waals surface area contributed by atoms with Gasteiger partial charge in [-0.05, 0) is 117 Å². The van der Waals surface area contributed by atoms with E-state index in [-0.39, 0.29) is 0 Å². The average Bonchev–Trinajstić information content (AvgIpc) is 3.76. The van der Waals surface area contributed by atoms with E-state index in [1.165, 1.54) is 57.9 Å². The van der Waals surface area contributed by atoms with Gasteiger partial charge in [-0.2, -0.15) is 11.8 Å². The van der Waals surface area contributed by atoms with E-state index in [1.54, 1.807) is 26.0 Å². The molecule has 0 saturated carbocycles. The van der Waals surface area contributed by atoms with Crippen molar-refractivity contribution in [2.75, 3.05) is 72.9 Å². The van der Waals surface area contributed by atoms with E-state index in [4.69, 9.17) is 14.2 Å². The topological polar surface area (TPSA) is 46.6 Å². The zero-order valence-corrected chi connectivity index (χ0v) is 39.5.